The standard InChI is InChI=1S/C25H21ClF3N5O4/c1-37-16-5-3-15(4-6-16)18-12-20(34-33-18)22(35)31-19(23(36)32-24(13-30)8-9-24)11-14-2-7-21(17(26)10-14)38-25(27,28)29/h2-7,10,12,19H,8-9,11H2,1H3,(H,31,35)(H,32,36)(H,33,34). The predicted molar refractivity (Wildman–Crippen MR) is 129 cm³/mol. The van der Waals surface area contributed by atoms with Gasteiger partial charge in [-0.1, -0.05) is 17.7 Å². The SMILES string of the molecule is COc1ccc(-c2cc(C(=O)NC(Cc3ccc(OC(F)(F)F)c(Cl)c3)C(=O)NC3(C#N)CC3)[nH]n2)cc1. The molecule has 1 aliphatic rings. The highest BCUT2D eigenvalue weighted by Gasteiger charge is 2.45. The van der Waals surface area contributed by atoms with E-state index < -0.39 is 35.5 Å². The van der Waals surface area contributed by atoms with Gasteiger partial charge in [-0.15, -0.1) is 13.2 Å². The fourth-order valence-electron chi connectivity index (χ4n) is 3.62. The molecular weight excluding hydrogens is 527 g/mol. The first-order valence-corrected chi connectivity index (χ1v) is 11.7. The Morgan fingerprint density at radius 3 is 2.50 bits per heavy atom. The van der Waals surface area contributed by atoms with Crippen LogP contribution in [0.15, 0.2) is 48.5 Å². The predicted octanol–water partition coefficient (Wildman–Crippen LogP) is 4.15. The molecule has 9 nitrogen and oxygen atoms in total. The number of aromatic nitrogens is 2. The molecule has 1 aromatic heterocycles. The van der Waals surface area contributed by atoms with Crippen LogP contribution in [0.3, 0.4) is 0 Å². The number of nitrogens with one attached hydrogen (secondary N) is 3. The van der Waals surface area contributed by atoms with Gasteiger partial charge in [-0.05, 0) is 60.9 Å². The Hall–Kier alpha value is -4.24. The molecule has 0 radical (unpaired) electrons. The quantitative estimate of drug-likeness (QED) is 0.369. The van der Waals surface area contributed by atoms with Crippen LogP contribution in [-0.2, 0) is 11.2 Å². The molecule has 1 atom stereocenters. The number of alkyl halides is 3. The zero-order valence-electron chi connectivity index (χ0n) is 19.9. The van der Waals surface area contributed by atoms with Crippen molar-refractivity contribution in [2.24, 2.45) is 0 Å². The van der Waals surface area contributed by atoms with Gasteiger partial charge < -0.3 is 20.1 Å². The number of hydrogen-bond acceptors (Lipinski definition) is 6. The number of carbonyl (C=O) groups is 2. The molecule has 13 heteroatoms. The van der Waals surface area contributed by atoms with Crippen LogP contribution in [0.25, 0.3) is 11.3 Å². The summed E-state index contributed by atoms with van der Waals surface area (Å²) >= 11 is 5.94. The maximum atomic E-state index is 13.0. The third-order valence-electron chi connectivity index (χ3n) is 5.82. The molecule has 2 amide bonds. The van der Waals surface area contributed by atoms with Crippen LogP contribution >= 0.6 is 11.6 Å². The third-order valence-corrected chi connectivity index (χ3v) is 6.11. The Balaban J connectivity index is 1.52. The van der Waals surface area contributed by atoms with Crippen LogP contribution in [0.1, 0.15) is 28.9 Å². The number of carbonyl (C=O) groups excluding carboxylic acids is 2. The van der Waals surface area contributed by atoms with Gasteiger partial charge in [0.1, 0.15) is 28.8 Å². The Kier molecular flexibility index (Phi) is 7.50. The number of nitriles is 1. The molecule has 0 bridgehead atoms. The molecule has 198 valence electrons. The monoisotopic (exact) mass is 547 g/mol. The summed E-state index contributed by atoms with van der Waals surface area (Å²) in [6.07, 6.45) is -4.11. The van der Waals surface area contributed by atoms with Crippen molar-refractivity contribution < 1.29 is 32.2 Å². The summed E-state index contributed by atoms with van der Waals surface area (Å²) in [6, 6.07) is 12.9. The van der Waals surface area contributed by atoms with E-state index in [2.05, 4.69) is 25.6 Å². The van der Waals surface area contributed by atoms with Crippen LogP contribution in [-0.4, -0.2) is 47.1 Å². The van der Waals surface area contributed by atoms with Gasteiger partial charge >= 0.3 is 6.36 Å². The number of halogens is 4. The zero-order chi connectivity index (χ0) is 27.5. The highest BCUT2D eigenvalue weighted by molar-refractivity contribution is 6.32. The second kappa shape index (κ2) is 10.6. The first kappa shape index (κ1) is 26.8. The van der Waals surface area contributed by atoms with Crippen LogP contribution in [0.5, 0.6) is 11.5 Å². The molecule has 1 aliphatic carbocycles. The molecule has 0 aliphatic heterocycles. The highest BCUT2D eigenvalue weighted by atomic mass is 35.5. The molecule has 2 aromatic carbocycles. The van der Waals surface area contributed by atoms with Gasteiger partial charge in [0.2, 0.25) is 5.91 Å². The number of amides is 2. The van der Waals surface area contributed by atoms with E-state index in [0.29, 0.717) is 29.8 Å². The van der Waals surface area contributed by atoms with Crippen molar-refractivity contribution in [2.75, 3.05) is 7.11 Å². The summed E-state index contributed by atoms with van der Waals surface area (Å²) in [4.78, 5) is 26.0. The first-order valence-electron chi connectivity index (χ1n) is 11.3. The summed E-state index contributed by atoms with van der Waals surface area (Å²) in [6.45, 7) is 0. The van der Waals surface area contributed by atoms with E-state index in [0.717, 1.165) is 11.6 Å². The molecule has 1 saturated carbocycles. The Bertz CT molecular complexity index is 1380. The van der Waals surface area contributed by atoms with Crippen LogP contribution in [0.2, 0.25) is 5.02 Å². The second-order valence-corrected chi connectivity index (χ2v) is 9.03. The molecule has 38 heavy (non-hydrogen) atoms. The minimum atomic E-state index is -4.92. The molecule has 1 heterocycles. The molecule has 3 aromatic rings. The molecule has 0 saturated heterocycles. The van der Waals surface area contributed by atoms with Crippen molar-refractivity contribution in [3.63, 3.8) is 0 Å². The third kappa shape index (κ3) is 6.54. The van der Waals surface area contributed by atoms with E-state index in [-0.39, 0.29) is 17.1 Å². The summed E-state index contributed by atoms with van der Waals surface area (Å²) in [5.41, 5.74) is 0.623. The van der Waals surface area contributed by atoms with E-state index >= 15 is 0 Å². The number of rotatable bonds is 9. The highest BCUT2D eigenvalue weighted by Crippen LogP contribution is 2.35. The van der Waals surface area contributed by atoms with E-state index in [1.54, 1.807) is 31.4 Å². The fourth-order valence-corrected chi connectivity index (χ4v) is 3.86. The number of aromatic amines is 1. The van der Waals surface area contributed by atoms with E-state index in [4.69, 9.17) is 16.3 Å². The minimum absolute atomic E-state index is 0.0713. The van der Waals surface area contributed by atoms with Gasteiger partial charge in [0.25, 0.3) is 5.91 Å². The number of hydrogen-bond donors (Lipinski definition) is 3. The normalized spacial score (nSPS) is 14.6. The Labute approximate surface area is 219 Å². The summed E-state index contributed by atoms with van der Waals surface area (Å²) in [7, 11) is 1.54. The number of H-pyrrole nitrogens is 1. The lowest BCUT2D eigenvalue weighted by atomic mass is 10.0. The first-order chi connectivity index (χ1) is 18.0. The second-order valence-electron chi connectivity index (χ2n) is 8.62. The van der Waals surface area contributed by atoms with Gasteiger partial charge in [-0.25, -0.2) is 0 Å². The van der Waals surface area contributed by atoms with Gasteiger partial charge in [0.05, 0.1) is 23.9 Å². The average Bonchev–Trinajstić information content (AvgIpc) is 3.47. The number of methoxy groups -OCH3 is 1. The molecule has 4 rings (SSSR count). The topological polar surface area (TPSA) is 129 Å². The van der Waals surface area contributed by atoms with Gasteiger partial charge in [0.15, 0.2) is 0 Å². The fraction of sp³-hybridized carbons (Fsp3) is 0.280. The summed E-state index contributed by atoms with van der Waals surface area (Å²) in [5.74, 6) is -1.22. The Morgan fingerprint density at radius 1 is 1.21 bits per heavy atom. The van der Waals surface area contributed by atoms with Crippen LogP contribution in [0.4, 0.5) is 13.2 Å². The molecular formula is C25H21ClF3N5O4. The van der Waals surface area contributed by atoms with Crippen LogP contribution in [0, 0.1) is 11.3 Å². The zero-order valence-corrected chi connectivity index (χ0v) is 20.6. The summed E-state index contributed by atoms with van der Waals surface area (Å²) in [5, 5.41) is 21.0. The van der Waals surface area contributed by atoms with Gasteiger partial charge in [-0.3, -0.25) is 14.7 Å². The Morgan fingerprint density at radius 2 is 1.92 bits per heavy atom. The van der Waals surface area contributed by atoms with Gasteiger partial charge in [-0.2, -0.15) is 10.4 Å². The van der Waals surface area contributed by atoms with Crippen LogP contribution < -0.4 is 20.1 Å². The molecule has 3 N–H and O–H groups in total. The summed E-state index contributed by atoms with van der Waals surface area (Å²) < 4.78 is 46.7. The lowest BCUT2D eigenvalue weighted by Crippen LogP contribution is -2.51. The van der Waals surface area contributed by atoms with Crippen molar-refractivity contribution in [3.8, 4) is 28.8 Å². The molecule has 1 unspecified atom stereocenters. The lowest BCUT2D eigenvalue weighted by Gasteiger charge is -2.20. The number of ether oxygens (including phenoxy) is 2. The van der Waals surface area contributed by atoms with Crippen molar-refractivity contribution in [1.29, 1.82) is 5.26 Å². The minimum Gasteiger partial charge on any atom is -0.497 e. The largest absolute Gasteiger partial charge is 0.573 e. The molecule has 0 spiro atoms. The maximum Gasteiger partial charge on any atom is 0.573 e. The van der Waals surface area contributed by atoms with Crippen molar-refractivity contribution in [3.05, 3.63) is 64.8 Å². The van der Waals surface area contributed by atoms with Crippen molar-refractivity contribution in [2.45, 2.75) is 37.2 Å². The van der Waals surface area contributed by atoms with E-state index in [9.17, 15) is 28.0 Å². The number of nitrogens with zero attached hydrogens (tertiary/aromatic N) is 2. The van der Waals surface area contributed by atoms with E-state index in [1.807, 2.05) is 6.07 Å². The van der Waals surface area contributed by atoms with Crippen molar-refractivity contribution in [1.82, 2.24) is 20.8 Å². The van der Waals surface area contributed by atoms with E-state index in [1.165, 1.54) is 18.2 Å². The molecule has 1 fully saturated rings. The van der Waals surface area contributed by atoms with Crippen molar-refractivity contribution >= 4 is 23.4 Å². The number of benzene rings is 2. The lowest BCUT2D eigenvalue weighted by molar-refractivity contribution is -0.274. The average molecular weight is 548 g/mol. The van der Waals surface area contributed by atoms with Gasteiger partial charge in [0, 0.05) is 12.0 Å². The smallest absolute Gasteiger partial charge is 0.497 e. The maximum absolute atomic E-state index is 13.0.